The van der Waals surface area contributed by atoms with Crippen LogP contribution in [0.3, 0.4) is 0 Å². The van der Waals surface area contributed by atoms with Crippen molar-refractivity contribution in [2.45, 2.75) is 12.8 Å². The number of nitrogens with one attached hydrogen (secondary N) is 1. The summed E-state index contributed by atoms with van der Waals surface area (Å²) in [6, 6.07) is 9.69. The molecule has 0 radical (unpaired) electrons. The fraction of sp³-hybridized carbons (Fsp3) is 0.421. The zero-order chi connectivity index (χ0) is 18.5. The van der Waals surface area contributed by atoms with Crippen LogP contribution in [0.15, 0.2) is 30.3 Å². The Labute approximate surface area is 152 Å². The number of hydrogen-bond acceptors (Lipinski definition) is 6. The molecular formula is C19H24N4O3. The van der Waals surface area contributed by atoms with Crippen LogP contribution >= 0.6 is 0 Å². The number of nitrogens with zero attached hydrogens (tertiary/aromatic N) is 3. The highest BCUT2D eigenvalue weighted by molar-refractivity contribution is 5.95. The topological polar surface area (TPSA) is 74.8 Å². The molecule has 7 nitrogen and oxygen atoms in total. The Bertz CT molecular complexity index is 800. The maximum absolute atomic E-state index is 11.9. The largest absolute Gasteiger partial charge is 0.469 e. The SMILES string of the molecule is COC(=O)CCC(=O)Nc1ccc2nc(N3CCN(C)CC3)ccc2c1. The van der Waals surface area contributed by atoms with Gasteiger partial charge in [0.1, 0.15) is 5.82 Å². The first-order chi connectivity index (χ1) is 12.5. The lowest BCUT2D eigenvalue weighted by Crippen LogP contribution is -2.44. The molecule has 0 spiro atoms. The van der Waals surface area contributed by atoms with Crippen LogP contribution < -0.4 is 10.2 Å². The van der Waals surface area contributed by atoms with Crippen molar-refractivity contribution in [3.63, 3.8) is 0 Å². The van der Waals surface area contributed by atoms with Crippen molar-refractivity contribution in [2.75, 3.05) is 50.6 Å². The third-order valence-corrected chi connectivity index (χ3v) is 4.57. The molecule has 0 unspecified atom stereocenters. The molecular weight excluding hydrogens is 332 g/mol. The smallest absolute Gasteiger partial charge is 0.306 e. The summed E-state index contributed by atoms with van der Waals surface area (Å²) in [7, 11) is 3.44. The molecule has 1 saturated heterocycles. The number of likely N-dealkylation sites (N-methyl/N-ethyl adjacent to an activating group) is 1. The second-order valence-corrected chi connectivity index (χ2v) is 6.49. The van der Waals surface area contributed by atoms with E-state index in [-0.39, 0.29) is 24.7 Å². The van der Waals surface area contributed by atoms with Gasteiger partial charge in [-0.05, 0) is 37.4 Å². The lowest BCUT2D eigenvalue weighted by atomic mass is 10.2. The zero-order valence-corrected chi connectivity index (χ0v) is 15.2. The Morgan fingerprint density at radius 3 is 2.62 bits per heavy atom. The number of carbonyl (C=O) groups is 2. The highest BCUT2D eigenvalue weighted by Gasteiger charge is 2.15. The van der Waals surface area contributed by atoms with E-state index in [1.807, 2.05) is 30.3 Å². The van der Waals surface area contributed by atoms with Gasteiger partial charge in [-0.25, -0.2) is 4.98 Å². The molecule has 1 aliphatic rings. The van der Waals surface area contributed by atoms with Crippen molar-refractivity contribution in [1.29, 1.82) is 0 Å². The van der Waals surface area contributed by atoms with Crippen LogP contribution in [0.4, 0.5) is 11.5 Å². The van der Waals surface area contributed by atoms with Crippen molar-refractivity contribution >= 4 is 34.3 Å². The molecule has 7 heteroatoms. The highest BCUT2D eigenvalue weighted by atomic mass is 16.5. The normalized spacial score (nSPS) is 15.1. The van der Waals surface area contributed by atoms with Crippen molar-refractivity contribution in [3.05, 3.63) is 30.3 Å². The quantitative estimate of drug-likeness (QED) is 0.825. The molecule has 1 N–H and O–H groups in total. The van der Waals surface area contributed by atoms with E-state index in [0.717, 1.165) is 42.9 Å². The number of aromatic nitrogens is 1. The summed E-state index contributed by atoms with van der Waals surface area (Å²) >= 11 is 0. The molecule has 0 saturated carbocycles. The summed E-state index contributed by atoms with van der Waals surface area (Å²) in [5.74, 6) is 0.386. The Kier molecular flexibility index (Phi) is 5.68. The maximum atomic E-state index is 11.9. The van der Waals surface area contributed by atoms with Gasteiger partial charge in [-0.3, -0.25) is 9.59 Å². The number of esters is 1. The Morgan fingerprint density at radius 1 is 1.12 bits per heavy atom. The van der Waals surface area contributed by atoms with E-state index in [9.17, 15) is 9.59 Å². The third kappa shape index (κ3) is 4.49. The number of ether oxygens (including phenoxy) is 1. The van der Waals surface area contributed by atoms with Crippen molar-refractivity contribution < 1.29 is 14.3 Å². The van der Waals surface area contributed by atoms with Gasteiger partial charge >= 0.3 is 5.97 Å². The average Bonchev–Trinajstić information content (AvgIpc) is 2.66. The Morgan fingerprint density at radius 2 is 1.88 bits per heavy atom. The number of piperazine rings is 1. The van der Waals surface area contributed by atoms with Gasteiger partial charge in [0.25, 0.3) is 0 Å². The highest BCUT2D eigenvalue weighted by Crippen LogP contribution is 2.22. The van der Waals surface area contributed by atoms with E-state index >= 15 is 0 Å². The molecule has 2 aromatic rings. The van der Waals surface area contributed by atoms with Crippen molar-refractivity contribution in [2.24, 2.45) is 0 Å². The fourth-order valence-corrected chi connectivity index (χ4v) is 2.95. The van der Waals surface area contributed by atoms with Crippen LogP contribution in [0.25, 0.3) is 10.9 Å². The first kappa shape index (κ1) is 18.1. The molecule has 1 amide bonds. The third-order valence-electron chi connectivity index (χ3n) is 4.57. The van der Waals surface area contributed by atoms with Gasteiger partial charge in [-0.2, -0.15) is 0 Å². The average molecular weight is 356 g/mol. The van der Waals surface area contributed by atoms with Crippen LogP contribution in [-0.2, 0) is 14.3 Å². The van der Waals surface area contributed by atoms with Crippen LogP contribution in [0.1, 0.15) is 12.8 Å². The van der Waals surface area contributed by atoms with E-state index in [4.69, 9.17) is 4.98 Å². The molecule has 1 aliphatic heterocycles. The summed E-state index contributed by atoms with van der Waals surface area (Å²) in [5, 5.41) is 3.77. The summed E-state index contributed by atoms with van der Waals surface area (Å²) in [6.07, 6.45) is 0.178. The zero-order valence-electron chi connectivity index (χ0n) is 15.2. The van der Waals surface area contributed by atoms with E-state index < -0.39 is 0 Å². The molecule has 0 bridgehead atoms. The van der Waals surface area contributed by atoms with E-state index in [1.165, 1.54) is 7.11 Å². The van der Waals surface area contributed by atoms with Crippen LogP contribution in [0.5, 0.6) is 0 Å². The van der Waals surface area contributed by atoms with E-state index in [2.05, 4.69) is 26.9 Å². The van der Waals surface area contributed by atoms with Gasteiger partial charge in [-0.1, -0.05) is 0 Å². The minimum absolute atomic E-state index is 0.0753. The summed E-state index contributed by atoms with van der Waals surface area (Å²) in [4.78, 5) is 32.4. The lowest BCUT2D eigenvalue weighted by Gasteiger charge is -2.33. The molecule has 138 valence electrons. The van der Waals surface area contributed by atoms with Crippen LogP contribution in [0.2, 0.25) is 0 Å². The molecule has 1 fully saturated rings. The fourth-order valence-electron chi connectivity index (χ4n) is 2.95. The second-order valence-electron chi connectivity index (χ2n) is 6.49. The van der Waals surface area contributed by atoms with Crippen LogP contribution in [0, 0.1) is 0 Å². The molecule has 1 aromatic heterocycles. The lowest BCUT2D eigenvalue weighted by molar-refractivity contribution is -0.141. The summed E-state index contributed by atoms with van der Waals surface area (Å²) < 4.78 is 4.54. The Hall–Kier alpha value is -2.67. The number of carbonyl (C=O) groups excluding carboxylic acids is 2. The molecule has 2 heterocycles. The van der Waals surface area contributed by atoms with Gasteiger partial charge in [0.05, 0.1) is 19.0 Å². The molecule has 0 aliphatic carbocycles. The number of methoxy groups -OCH3 is 1. The summed E-state index contributed by atoms with van der Waals surface area (Å²) in [6.45, 7) is 4.03. The van der Waals surface area contributed by atoms with Crippen molar-refractivity contribution in [3.8, 4) is 0 Å². The molecule has 1 aromatic carbocycles. The number of rotatable bonds is 5. The summed E-state index contributed by atoms with van der Waals surface area (Å²) in [5.41, 5.74) is 1.59. The number of hydrogen-bond donors (Lipinski definition) is 1. The molecule has 0 atom stereocenters. The second kappa shape index (κ2) is 8.14. The monoisotopic (exact) mass is 356 g/mol. The first-order valence-electron chi connectivity index (χ1n) is 8.76. The van der Waals surface area contributed by atoms with E-state index in [0.29, 0.717) is 5.69 Å². The van der Waals surface area contributed by atoms with Crippen LogP contribution in [-0.4, -0.2) is 62.1 Å². The maximum Gasteiger partial charge on any atom is 0.306 e. The number of pyridine rings is 1. The first-order valence-corrected chi connectivity index (χ1v) is 8.76. The van der Waals surface area contributed by atoms with E-state index in [1.54, 1.807) is 0 Å². The predicted molar refractivity (Wildman–Crippen MR) is 101 cm³/mol. The van der Waals surface area contributed by atoms with Crippen molar-refractivity contribution in [1.82, 2.24) is 9.88 Å². The van der Waals surface area contributed by atoms with Gasteiger partial charge in [0.15, 0.2) is 0 Å². The van der Waals surface area contributed by atoms with Gasteiger partial charge in [0, 0.05) is 43.7 Å². The number of fused-ring (bicyclic) bond motifs is 1. The van der Waals surface area contributed by atoms with Gasteiger partial charge in [-0.15, -0.1) is 0 Å². The number of amides is 1. The standard InChI is InChI=1S/C19H24N4O3/c1-22-9-11-23(12-10-22)17-6-3-14-13-15(4-5-16(14)21-17)20-18(24)7-8-19(25)26-2/h3-6,13H,7-12H2,1-2H3,(H,20,24). The number of anilines is 2. The molecule has 26 heavy (non-hydrogen) atoms. The van der Waals surface area contributed by atoms with Gasteiger partial charge in [0.2, 0.25) is 5.91 Å². The predicted octanol–water partition coefficient (Wildman–Crippen LogP) is 1.88. The minimum Gasteiger partial charge on any atom is -0.469 e. The van der Waals surface area contributed by atoms with Gasteiger partial charge < -0.3 is 19.9 Å². The Balaban J connectivity index is 1.66. The number of benzene rings is 1. The molecule has 3 rings (SSSR count). The minimum atomic E-state index is -0.390.